The Balaban J connectivity index is 2.12. The molecule has 0 atom stereocenters. The zero-order valence-electron chi connectivity index (χ0n) is 8.78. The topological polar surface area (TPSA) is 93.8 Å². The lowest BCUT2D eigenvalue weighted by atomic mass is 10.3. The molecule has 2 aromatic rings. The lowest BCUT2D eigenvalue weighted by Crippen LogP contribution is -2.04. The number of nitrogens with one attached hydrogen (secondary N) is 1. The second kappa shape index (κ2) is 4.97. The first-order chi connectivity index (χ1) is 8.27. The van der Waals surface area contributed by atoms with Crippen LogP contribution in [-0.4, -0.2) is 20.1 Å². The molecule has 0 aliphatic carbocycles. The van der Waals surface area contributed by atoms with Crippen LogP contribution >= 0.6 is 0 Å². The van der Waals surface area contributed by atoms with Gasteiger partial charge in [-0.3, -0.25) is 15.1 Å². The van der Waals surface area contributed by atoms with Gasteiger partial charge in [-0.15, -0.1) is 0 Å². The summed E-state index contributed by atoms with van der Waals surface area (Å²) in [5, 5.41) is 21.2. The van der Waals surface area contributed by atoms with Crippen LogP contribution in [0.25, 0.3) is 0 Å². The van der Waals surface area contributed by atoms with Crippen molar-refractivity contribution in [3.8, 4) is 0 Å². The smallest absolute Gasteiger partial charge is 0.310 e. The average molecular weight is 231 g/mol. The summed E-state index contributed by atoms with van der Waals surface area (Å²) < 4.78 is 0. The van der Waals surface area contributed by atoms with Crippen LogP contribution in [0.15, 0.2) is 36.8 Å². The Labute approximate surface area is 96.7 Å². The number of hydrogen-bond acceptors (Lipinski definition) is 6. The lowest BCUT2D eigenvalue weighted by Gasteiger charge is -2.05. The van der Waals surface area contributed by atoms with Gasteiger partial charge in [-0.1, -0.05) is 0 Å². The fourth-order valence-corrected chi connectivity index (χ4v) is 1.29. The van der Waals surface area contributed by atoms with Crippen molar-refractivity contribution in [2.75, 3.05) is 5.32 Å². The van der Waals surface area contributed by atoms with Crippen molar-refractivity contribution in [2.24, 2.45) is 0 Å². The van der Waals surface area contributed by atoms with E-state index < -0.39 is 4.92 Å². The van der Waals surface area contributed by atoms with Crippen molar-refractivity contribution in [1.29, 1.82) is 0 Å². The molecule has 1 N–H and O–H groups in total. The summed E-state index contributed by atoms with van der Waals surface area (Å²) in [7, 11) is 0. The molecule has 2 heterocycles. The SMILES string of the molecule is O=[N+]([O-])c1cnccc1NCc1cccnn1. The Hall–Kier alpha value is -2.57. The highest BCUT2D eigenvalue weighted by molar-refractivity contribution is 5.59. The highest BCUT2D eigenvalue weighted by Crippen LogP contribution is 2.22. The first-order valence-corrected chi connectivity index (χ1v) is 4.86. The molecule has 7 heteroatoms. The molecule has 0 aliphatic heterocycles. The molecule has 0 aromatic carbocycles. The molecule has 86 valence electrons. The number of aromatic nitrogens is 3. The Morgan fingerprint density at radius 1 is 1.35 bits per heavy atom. The van der Waals surface area contributed by atoms with Crippen LogP contribution in [0.4, 0.5) is 11.4 Å². The van der Waals surface area contributed by atoms with E-state index in [0.717, 1.165) is 0 Å². The lowest BCUT2D eigenvalue weighted by molar-refractivity contribution is -0.384. The summed E-state index contributed by atoms with van der Waals surface area (Å²) in [4.78, 5) is 14.0. The standard InChI is InChI=1S/C10H9N5O2/c16-15(17)10-7-11-5-3-9(10)12-6-8-2-1-4-13-14-8/h1-5,7H,6H2,(H,11,12). The van der Waals surface area contributed by atoms with E-state index in [9.17, 15) is 10.1 Å². The van der Waals surface area contributed by atoms with Crippen LogP contribution in [0.2, 0.25) is 0 Å². The van der Waals surface area contributed by atoms with Crippen molar-refractivity contribution >= 4 is 11.4 Å². The minimum Gasteiger partial charge on any atom is -0.374 e. The first-order valence-electron chi connectivity index (χ1n) is 4.86. The Bertz CT molecular complexity index is 517. The predicted molar refractivity (Wildman–Crippen MR) is 60.3 cm³/mol. The van der Waals surface area contributed by atoms with E-state index in [4.69, 9.17) is 0 Å². The summed E-state index contributed by atoms with van der Waals surface area (Å²) in [6.45, 7) is 0.374. The highest BCUT2D eigenvalue weighted by Gasteiger charge is 2.12. The largest absolute Gasteiger partial charge is 0.374 e. The van der Waals surface area contributed by atoms with E-state index in [1.54, 1.807) is 24.4 Å². The number of rotatable bonds is 4. The number of nitrogens with zero attached hydrogens (tertiary/aromatic N) is 4. The van der Waals surface area contributed by atoms with Gasteiger partial charge < -0.3 is 5.32 Å². The third-order valence-corrected chi connectivity index (χ3v) is 2.08. The predicted octanol–water partition coefficient (Wildman–Crippen LogP) is 1.39. The van der Waals surface area contributed by atoms with Gasteiger partial charge in [0, 0.05) is 12.4 Å². The first kappa shape index (κ1) is 10.9. The van der Waals surface area contributed by atoms with Crippen molar-refractivity contribution in [3.05, 3.63) is 52.6 Å². The minimum atomic E-state index is -0.480. The van der Waals surface area contributed by atoms with E-state index >= 15 is 0 Å². The Morgan fingerprint density at radius 3 is 2.94 bits per heavy atom. The summed E-state index contributed by atoms with van der Waals surface area (Å²) in [5.74, 6) is 0. The molecule has 2 aromatic heterocycles. The monoisotopic (exact) mass is 231 g/mol. The fourth-order valence-electron chi connectivity index (χ4n) is 1.29. The van der Waals surface area contributed by atoms with E-state index in [2.05, 4.69) is 20.5 Å². The minimum absolute atomic E-state index is 0.0589. The van der Waals surface area contributed by atoms with Crippen LogP contribution in [-0.2, 0) is 6.54 Å². The van der Waals surface area contributed by atoms with Crippen LogP contribution in [0.5, 0.6) is 0 Å². The second-order valence-corrected chi connectivity index (χ2v) is 3.22. The fraction of sp³-hybridized carbons (Fsp3) is 0.100. The quantitative estimate of drug-likeness (QED) is 0.631. The number of pyridine rings is 1. The van der Waals surface area contributed by atoms with Gasteiger partial charge in [0.05, 0.1) is 17.2 Å². The molecule has 0 bridgehead atoms. The maximum atomic E-state index is 10.7. The van der Waals surface area contributed by atoms with Crippen molar-refractivity contribution in [1.82, 2.24) is 15.2 Å². The van der Waals surface area contributed by atoms with E-state index in [-0.39, 0.29) is 5.69 Å². The van der Waals surface area contributed by atoms with Crippen LogP contribution in [0, 0.1) is 10.1 Å². The summed E-state index contributed by atoms with van der Waals surface area (Å²) in [6.07, 6.45) is 4.27. The van der Waals surface area contributed by atoms with Crippen LogP contribution < -0.4 is 5.32 Å². The Kier molecular flexibility index (Phi) is 3.20. The normalized spacial score (nSPS) is 9.88. The molecular formula is C10H9N5O2. The third-order valence-electron chi connectivity index (χ3n) is 2.08. The molecular weight excluding hydrogens is 222 g/mol. The molecule has 2 rings (SSSR count). The molecule has 0 aliphatic rings. The number of anilines is 1. The van der Waals surface area contributed by atoms with Gasteiger partial charge in [-0.2, -0.15) is 10.2 Å². The van der Waals surface area contributed by atoms with Crippen molar-refractivity contribution in [3.63, 3.8) is 0 Å². The number of nitro groups is 1. The molecule has 0 saturated heterocycles. The molecule has 0 amide bonds. The van der Waals surface area contributed by atoms with Gasteiger partial charge in [0.1, 0.15) is 11.9 Å². The number of hydrogen-bond donors (Lipinski definition) is 1. The van der Waals surface area contributed by atoms with Gasteiger partial charge >= 0.3 is 5.69 Å². The summed E-state index contributed by atoms with van der Waals surface area (Å²) >= 11 is 0. The molecule has 7 nitrogen and oxygen atoms in total. The third kappa shape index (κ3) is 2.71. The van der Waals surface area contributed by atoms with Crippen molar-refractivity contribution < 1.29 is 4.92 Å². The maximum absolute atomic E-state index is 10.7. The molecule has 0 saturated carbocycles. The zero-order chi connectivity index (χ0) is 12.1. The van der Waals surface area contributed by atoms with Crippen LogP contribution in [0.3, 0.4) is 0 Å². The van der Waals surface area contributed by atoms with Gasteiger partial charge in [0.2, 0.25) is 0 Å². The molecule has 0 spiro atoms. The van der Waals surface area contributed by atoms with E-state index in [1.807, 2.05) is 0 Å². The highest BCUT2D eigenvalue weighted by atomic mass is 16.6. The van der Waals surface area contributed by atoms with Crippen LogP contribution in [0.1, 0.15) is 5.69 Å². The van der Waals surface area contributed by atoms with Gasteiger partial charge in [0.25, 0.3) is 0 Å². The molecule has 0 radical (unpaired) electrons. The van der Waals surface area contributed by atoms with Gasteiger partial charge in [-0.25, -0.2) is 0 Å². The molecule has 0 fully saturated rings. The van der Waals surface area contributed by atoms with E-state index in [0.29, 0.717) is 17.9 Å². The summed E-state index contributed by atoms with van der Waals surface area (Å²) in [5.41, 5.74) is 1.06. The summed E-state index contributed by atoms with van der Waals surface area (Å²) in [6, 6.07) is 5.09. The Morgan fingerprint density at radius 2 is 2.24 bits per heavy atom. The maximum Gasteiger partial charge on any atom is 0.310 e. The molecule has 0 unspecified atom stereocenters. The average Bonchev–Trinajstić information content (AvgIpc) is 2.38. The second-order valence-electron chi connectivity index (χ2n) is 3.22. The van der Waals surface area contributed by atoms with Gasteiger partial charge in [-0.05, 0) is 18.2 Å². The zero-order valence-corrected chi connectivity index (χ0v) is 8.78. The van der Waals surface area contributed by atoms with Crippen molar-refractivity contribution in [2.45, 2.75) is 6.54 Å². The molecule has 17 heavy (non-hydrogen) atoms. The van der Waals surface area contributed by atoms with Gasteiger partial charge in [0.15, 0.2) is 0 Å². The van der Waals surface area contributed by atoms with E-state index in [1.165, 1.54) is 12.4 Å².